The van der Waals surface area contributed by atoms with E-state index in [1.54, 1.807) is 0 Å². The van der Waals surface area contributed by atoms with Crippen molar-refractivity contribution in [3.05, 3.63) is 46.5 Å². The summed E-state index contributed by atoms with van der Waals surface area (Å²) in [5, 5.41) is 20.4. The summed E-state index contributed by atoms with van der Waals surface area (Å²) in [6, 6.07) is 8.72. The number of aromatic hydroxyl groups is 1. The standard InChI is InChI=1S/C35H54O4S2/c1-31(2,3)23-17-18-26(28(34(10,11)12)30(23)39-19-15-16-27(36)37)41-35(13,14)40-22-20-24(32(4,5)6)29(38)25(21-22)33(7,8)9/h17-18,20-21,38H,15-16,19H2,1-14H3,(H,36,37). The number of thioether (sulfide) groups is 2. The summed E-state index contributed by atoms with van der Waals surface area (Å²) in [6.07, 6.45) is 0.557. The SMILES string of the molecule is CC(C)(Sc1cc(C(C)(C)C)c(O)c(C(C)(C)C)c1)Sc1ccc(C(C)(C)C)c(OCCCC(=O)O)c1C(C)(C)C. The zero-order valence-corrected chi connectivity index (χ0v) is 29.6. The number of phenols is 1. The van der Waals surface area contributed by atoms with Crippen LogP contribution in [0, 0.1) is 0 Å². The number of aliphatic carboxylic acids is 1. The Morgan fingerprint density at radius 2 is 1.22 bits per heavy atom. The zero-order valence-electron chi connectivity index (χ0n) is 28.0. The summed E-state index contributed by atoms with van der Waals surface area (Å²) in [5.74, 6) is 0.482. The first-order valence-electron chi connectivity index (χ1n) is 14.6. The molecule has 0 unspecified atom stereocenters. The van der Waals surface area contributed by atoms with Crippen LogP contribution in [0.25, 0.3) is 0 Å². The van der Waals surface area contributed by atoms with Gasteiger partial charge >= 0.3 is 5.97 Å². The Morgan fingerprint density at radius 1 is 0.732 bits per heavy atom. The monoisotopic (exact) mass is 602 g/mol. The summed E-state index contributed by atoms with van der Waals surface area (Å²) < 4.78 is 6.22. The second-order valence-electron chi connectivity index (χ2n) is 15.6. The Bertz CT molecular complexity index is 1200. The third-order valence-corrected chi connectivity index (χ3v) is 9.39. The Morgan fingerprint density at radius 3 is 1.63 bits per heavy atom. The van der Waals surface area contributed by atoms with Crippen LogP contribution in [0.1, 0.15) is 132 Å². The lowest BCUT2D eigenvalue weighted by atomic mass is 9.79. The van der Waals surface area contributed by atoms with Crippen LogP contribution in [0.5, 0.6) is 11.5 Å². The summed E-state index contributed by atoms with van der Waals surface area (Å²) in [7, 11) is 0. The van der Waals surface area contributed by atoms with Crippen molar-refractivity contribution in [2.45, 2.75) is 145 Å². The molecule has 0 aliphatic rings. The molecular weight excluding hydrogens is 549 g/mol. The lowest BCUT2D eigenvalue weighted by Crippen LogP contribution is -2.22. The zero-order chi connectivity index (χ0) is 31.8. The van der Waals surface area contributed by atoms with Gasteiger partial charge in [-0.15, -0.1) is 23.5 Å². The van der Waals surface area contributed by atoms with Gasteiger partial charge in [-0.05, 0) is 65.7 Å². The summed E-state index contributed by atoms with van der Waals surface area (Å²) >= 11 is 3.64. The quantitative estimate of drug-likeness (QED) is 0.169. The first kappa shape index (κ1) is 35.4. The lowest BCUT2D eigenvalue weighted by Gasteiger charge is -2.34. The summed E-state index contributed by atoms with van der Waals surface area (Å²) in [6.45, 7) is 31.0. The molecule has 0 bridgehead atoms. The number of ether oxygens (including phenoxy) is 1. The molecule has 0 atom stereocenters. The van der Waals surface area contributed by atoms with Crippen molar-refractivity contribution in [3.63, 3.8) is 0 Å². The molecule has 230 valence electrons. The molecule has 0 radical (unpaired) electrons. The Labute approximate surface area is 258 Å². The highest BCUT2D eigenvalue weighted by Gasteiger charge is 2.34. The molecular formula is C35H54O4S2. The maximum Gasteiger partial charge on any atom is 0.303 e. The molecule has 0 fully saturated rings. The second kappa shape index (κ2) is 12.4. The van der Waals surface area contributed by atoms with Crippen molar-refractivity contribution in [2.24, 2.45) is 0 Å². The fraction of sp³-hybridized carbons (Fsp3) is 0.629. The van der Waals surface area contributed by atoms with Crippen molar-refractivity contribution < 1.29 is 19.7 Å². The van der Waals surface area contributed by atoms with Crippen LogP contribution in [0.2, 0.25) is 0 Å². The van der Waals surface area contributed by atoms with Gasteiger partial charge in [0, 0.05) is 32.9 Å². The number of hydrogen-bond donors (Lipinski definition) is 2. The van der Waals surface area contributed by atoms with E-state index in [2.05, 4.69) is 121 Å². The Hall–Kier alpha value is -1.79. The molecule has 2 aromatic rings. The van der Waals surface area contributed by atoms with E-state index in [1.165, 1.54) is 4.90 Å². The van der Waals surface area contributed by atoms with Crippen LogP contribution < -0.4 is 4.74 Å². The van der Waals surface area contributed by atoms with Gasteiger partial charge in [0.1, 0.15) is 11.5 Å². The minimum atomic E-state index is -0.803. The molecule has 0 heterocycles. The molecule has 2 N–H and O–H groups in total. The number of carbonyl (C=O) groups is 1. The third-order valence-electron chi connectivity index (χ3n) is 6.88. The van der Waals surface area contributed by atoms with E-state index >= 15 is 0 Å². The summed E-state index contributed by atoms with van der Waals surface area (Å²) in [5.41, 5.74) is 3.54. The molecule has 4 nitrogen and oxygen atoms in total. The molecule has 0 aliphatic heterocycles. The van der Waals surface area contributed by atoms with Gasteiger partial charge in [0.15, 0.2) is 0 Å². The van der Waals surface area contributed by atoms with Gasteiger partial charge in [-0.25, -0.2) is 0 Å². The number of benzene rings is 2. The number of rotatable bonds is 9. The van der Waals surface area contributed by atoms with E-state index in [0.717, 1.165) is 32.9 Å². The Kier molecular flexibility index (Phi) is 10.7. The van der Waals surface area contributed by atoms with E-state index in [4.69, 9.17) is 9.84 Å². The fourth-order valence-corrected chi connectivity index (χ4v) is 7.69. The second-order valence-corrected chi connectivity index (χ2v) is 19.3. The normalized spacial score (nSPS) is 13.4. The van der Waals surface area contributed by atoms with Crippen LogP contribution >= 0.6 is 23.5 Å². The van der Waals surface area contributed by atoms with E-state index in [9.17, 15) is 9.90 Å². The lowest BCUT2D eigenvalue weighted by molar-refractivity contribution is -0.137. The summed E-state index contributed by atoms with van der Waals surface area (Å²) in [4.78, 5) is 13.4. The highest BCUT2D eigenvalue weighted by atomic mass is 32.2. The van der Waals surface area contributed by atoms with Gasteiger partial charge in [0.05, 0.1) is 10.7 Å². The first-order chi connectivity index (χ1) is 18.3. The molecule has 2 rings (SSSR count). The van der Waals surface area contributed by atoms with Gasteiger partial charge in [-0.2, -0.15) is 0 Å². The van der Waals surface area contributed by atoms with Crippen LogP contribution in [0.15, 0.2) is 34.1 Å². The van der Waals surface area contributed by atoms with Crippen molar-refractivity contribution in [1.82, 2.24) is 0 Å². The van der Waals surface area contributed by atoms with Crippen molar-refractivity contribution in [3.8, 4) is 11.5 Å². The van der Waals surface area contributed by atoms with Crippen LogP contribution in [0.4, 0.5) is 0 Å². The number of carboxylic acid groups (broad SMARTS) is 1. The molecule has 0 saturated heterocycles. The third kappa shape index (κ3) is 9.61. The fourth-order valence-electron chi connectivity index (χ4n) is 4.88. The van der Waals surface area contributed by atoms with Gasteiger partial charge in [-0.3, -0.25) is 4.79 Å². The van der Waals surface area contributed by atoms with Gasteiger partial charge in [0.2, 0.25) is 0 Å². The number of carboxylic acids is 1. The maximum atomic E-state index is 11.2. The predicted molar refractivity (Wildman–Crippen MR) is 178 cm³/mol. The Balaban J connectivity index is 2.61. The molecule has 0 aromatic heterocycles. The van der Waals surface area contributed by atoms with E-state index in [0.29, 0.717) is 18.8 Å². The van der Waals surface area contributed by atoms with Crippen LogP contribution in [-0.4, -0.2) is 26.9 Å². The molecule has 0 aliphatic carbocycles. The van der Waals surface area contributed by atoms with E-state index in [-0.39, 0.29) is 32.2 Å². The minimum absolute atomic E-state index is 0.0908. The minimum Gasteiger partial charge on any atom is -0.507 e. The molecule has 0 saturated carbocycles. The smallest absolute Gasteiger partial charge is 0.303 e. The van der Waals surface area contributed by atoms with Gasteiger partial charge < -0.3 is 14.9 Å². The number of hydrogen-bond acceptors (Lipinski definition) is 5. The van der Waals surface area contributed by atoms with Crippen LogP contribution in [0.3, 0.4) is 0 Å². The largest absolute Gasteiger partial charge is 0.507 e. The molecule has 2 aromatic carbocycles. The van der Waals surface area contributed by atoms with Crippen LogP contribution in [-0.2, 0) is 26.5 Å². The number of phenolic OH excluding ortho intramolecular Hbond substituents is 1. The molecule has 0 spiro atoms. The van der Waals surface area contributed by atoms with Crippen molar-refractivity contribution in [2.75, 3.05) is 6.61 Å². The van der Waals surface area contributed by atoms with Crippen molar-refractivity contribution >= 4 is 29.5 Å². The van der Waals surface area contributed by atoms with Gasteiger partial charge in [-0.1, -0.05) is 89.2 Å². The highest BCUT2D eigenvalue weighted by Crippen LogP contribution is 2.52. The highest BCUT2D eigenvalue weighted by molar-refractivity contribution is 8.18. The maximum absolute atomic E-state index is 11.2. The van der Waals surface area contributed by atoms with E-state index in [1.807, 2.05) is 23.5 Å². The topological polar surface area (TPSA) is 66.8 Å². The molecule has 0 amide bonds. The van der Waals surface area contributed by atoms with E-state index < -0.39 is 5.97 Å². The molecule has 41 heavy (non-hydrogen) atoms. The first-order valence-corrected chi connectivity index (χ1v) is 16.3. The van der Waals surface area contributed by atoms with Crippen molar-refractivity contribution in [1.29, 1.82) is 0 Å². The van der Waals surface area contributed by atoms with Gasteiger partial charge in [0.25, 0.3) is 0 Å². The average Bonchev–Trinajstić information content (AvgIpc) is 2.73. The molecule has 6 heteroatoms. The average molecular weight is 603 g/mol. The predicted octanol–water partition coefficient (Wildman–Crippen LogP) is 10.4.